The molecule has 0 saturated heterocycles. The zero-order valence-electron chi connectivity index (χ0n) is 13.1. The highest BCUT2D eigenvalue weighted by molar-refractivity contribution is 6.07. The van der Waals surface area contributed by atoms with Crippen LogP contribution in [0.4, 0.5) is 0 Å². The third-order valence-corrected chi connectivity index (χ3v) is 3.78. The second-order valence-corrected chi connectivity index (χ2v) is 5.55. The number of hydrogen-bond donors (Lipinski definition) is 0. The molecular formula is C22H18O. The van der Waals surface area contributed by atoms with Crippen molar-refractivity contribution in [2.45, 2.75) is 6.92 Å². The van der Waals surface area contributed by atoms with Gasteiger partial charge in [0.1, 0.15) is 0 Å². The van der Waals surface area contributed by atoms with Crippen molar-refractivity contribution in [1.29, 1.82) is 0 Å². The van der Waals surface area contributed by atoms with Crippen LogP contribution in [0.25, 0.3) is 17.2 Å². The van der Waals surface area contributed by atoms with Crippen LogP contribution in [-0.2, 0) is 0 Å². The number of ketones is 1. The van der Waals surface area contributed by atoms with Gasteiger partial charge in [-0.3, -0.25) is 4.79 Å². The maximum Gasteiger partial charge on any atom is 0.185 e. The van der Waals surface area contributed by atoms with E-state index in [9.17, 15) is 4.79 Å². The van der Waals surface area contributed by atoms with Crippen LogP contribution in [0.1, 0.15) is 21.5 Å². The molecule has 0 unspecified atom stereocenters. The van der Waals surface area contributed by atoms with Crippen molar-refractivity contribution in [3.63, 3.8) is 0 Å². The minimum absolute atomic E-state index is 0.0187. The molecule has 112 valence electrons. The maximum atomic E-state index is 12.2. The van der Waals surface area contributed by atoms with Gasteiger partial charge in [-0.1, -0.05) is 90.5 Å². The van der Waals surface area contributed by atoms with Crippen molar-refractivity contribution in [3.05, 3.63) is 102 Å². The highest BCUT2D eigenvalue weighted by Crippen LogP contribution is 2.19. The van der Waals surface area contributed by atoms with E-state index in [1.807, 2.05) is 79.7 Å². The quantitative estimate of drug-likeness (QED) is 0.455. The Labute approximate surface area is 136 Å². The smallest absolute Gasteiger partial charge is 0.185 e. The Balaban J connectivity index is 1.74. The lowest BCUT2D eigenvalue weighted by Gasteiger charge is -2.02. The van der Waals surface area contributed by atoms with E-state index in [2.05, 4.69) is 12.1 Å². The van der Waals surface area contributed by atoms with Crippen LogP contribution in [-0.4, -0.2) is 5.78 Å². The minimum Gasteiger partial charge on any atom is -0.289 e. The molecule has 0 atom stereocenters. The molecule has 3 rings (SSSR count). The van der Waals surface area contributed by atoms with Gasteiger partial charge in [0.05, 0.1) is 0 Å². The van der Waals surface area contributed by atoms with Crippen molar-refractivity contribution in [3.8, 4) is 11.1 Å². The number of hydrogen-bond acceptors (Lipinski definition) is 1. The lowest BCUT2D eigenvalue weighted by molar-refractivity contribution is 0.104. The molecule has 0 radical (unpaired) electrons. The van der Waals surface area contributed by atoms with Gasteiger partial charge in [0.15, 0.2) is 5.78 Å². The van der Waals surface area contributed by atoms with Crippen molar-refractivity contribution < 1.29 is 4.79 Å². The van der Waals surface area contributed by atoms with Gasteiger partial charge >= 0.3 is 0 Å². The Hall–Kier alpha value is -2.93. The second kappa shape index (κ2) is 6.89. The number of carbonyl (C=O) groups is 1. The Morgan fingerprint density at radius 2 is 1.35 bits per heavy atom. The summed E-state index contributed by atoms with van der Waals surface area (Å²) in [5.41, 5.74) is 5.22. The average molecular weight is 298 g/mol. The number of rotatable bonds is 4. The van der Waals surface area contributed by atoms with Gasteiger partial charge in [-0.25, -0.2) is 0 Å². The predicted octanol–water partition coefficient (Wildman–Crippen LogP) is 5.56. The van der Waals surface area contributed by atoms with E-state index in [0.717, 1.165) is 16.7 Å². The van der Waals surface area contributed by atoms with Crippen LogP contribution >= 0.6 is 0 Å². The van der Waals surface area contributed by atoms with Crippen LogP contribution in [0.5, 0.6) is 0 Å². The zero-order chi connectivity index (χ0) is 16.1. The van der Waals surface area contributed by atoms with Gasteiger partial charge in [0, 0.05) is 5.56 Å². The van der Waals surface area contributed by atoms with Crippen molar-refractivity contribution in [1.82, 2.24) is 0 Å². The van der Waals surface area contributed by atoms with Gasteiger partial charge in [0.2, 0.25) is 0 Å². The monoisotopic (exact) mass is 298 g/mol. The van der Waals surface area contributed by atoms with Crippen molar-refractivity contribution in [2.75, 3.05) is 0 Å². The van der Waals surface area contributed by atoms with E-state index >= 15 is 0 Å². The Morgan fingerprint density at radius 1 is 0.739 bits per heavy atom. The average Bonchev–Trinajstić information content (AvgIpc) is 2.62. The van der Waals surface area contributed by atoms with E-state index in [1.54, 1.807) is 6.08 Å². The summed E-state index contributed by atoms with van der Waals surface area (Å²) in [5.74, 6) is 0.0187. The summed E-state index contributed by atoms with van der Waals surface area (Å²) in [6, 6.07) is 26.0. The molecule has 23 heavy (non-hydrogen) atoms. The van der Waals surface area contributed by atoms with Gasteiger partial charge in [-0.05, 0) is 29.7 Å². The molecule has 0 spiro atoms. The predicted molar refractivity (Wildman–Crippen MR) is 96.4 cm³/mol. The zero-order valence-corrected chi connectivity index (χ0v) is 13.1. The SMILES string of the molecule is Cc1ccc(/C=C/C(=O)c2ccc(-c3ccccc3)cc2)cc1. The van der Waals surface area contributed by atoms with Crippen LogP contribution in [0.15, 0.2) is 84.9 Å². The summed E-state index contributed by atoms with van der Waals surface area (Å²) in [4.78, 5) is 12.2. The lowest BCUT2D eigenvalue weighted by atomic mass is 10.0. The first-order chi connectivity index (χ1) is 11.2. The largest absolute Gasteiger partial charge is 0.289 e. The molecule has 0 fully saturated rings. The fraction of sp³-hybridized carbons (Fsp3) is 0.0455. The van der Waals surface area contributed by atoms with Crippen LogP contribution < -0.4 is 0 Å². The fourth-order valence-electron chi connectivity index (χ4n) is 2.40. The molecule has 1 nitrogen and oxygen atoms in total. The summed E-state index contributed by atoms with van der Waals surface area (Å²) in [6.07, 6.45) is 3.48. The van der Waals surface area contributed by atoms with Crippen LogP contribution in [0, 0.1) is 6.92 Å². The molecule has 0 bridgehead atoms. The first kappa shape index (κ1) is 15.0. The highest BCUT2D eigenvalue weighted by atomic mass is 16.1. The third-order valence-electron chi connectivity index (χ3n) is 3.78. The molecule has 0 aliphatic carbocycles. The molecule has 0 aliphatic heterocycles. The molecule has 1 heteroatoms. The minimum atomic E-state index is 0.0187. The molecule has 3 aromatic rings. The lowest BCUT2D eigenvalue weighted by Crippen LogP contribution is -1.93. The fourth-order valence-corrected chi connectivity index (χ4v) is 2.40. The van der Waals surface area contributed by atoms with Crippen molar-refractivity contribution in [2.24, 2.45) is 0 Å². The molecule has 0 aliphatic rings. The Bertz CT molecular complexity index is 810. The Kier molecular flexibility index (Phi) is 4.49. The number of allylic oxidation sites excluding steroid dienone is 1. The van der Waals surface area contributed by atoms with Gasteiger partial charge in [-0.2, -0.15) is 0 Å². The van der Waals surface area contributed by atoms with Gasteiger partial charge in [0.25, 0.3) is 0 Å². The molecule has 3 aromatic carbocycles. The molecular weight excluding hydrogens is 280 g/mol. The topological polar surface area (TPSA) is 17.1 Å². The molecule has 0 heterocycles. The number of aryl methyl sites for hydroxylation is 1. The Morgan fingerprint density at radius 3 is 2.00 bits per heavy atom. The first-order valence-electron chi connectivity index (χ1n) is 7.67. The number of carbonyl (C=O) groups excluding carboxylic acids is 1. The van der Waals surface area contributed by atoms with Crippen molar-refractivity contribution >= 4 is 11.9 Å². The summed E-state index contributed by atoms with van der Waals surface area (Å²) in [7, 11) is 0. The summed E-state index contributed by atoms with van der Waals surface area (Å²) < 4.78 is 0. The normalized spacial score (nSPS) is 10.8. The second-order valence-electron chi connectivity index (χ2n) is 5.55. The summed E-state index contributed by atoms with van der Waals surface area (Å²) >= 11 is 0. The van der Waals surface area contributed by atoms with E-state index < -0.39 is 0 Å². The standard InChI is InChI=1S/C22H18O/c1-17-7-9-18(10-8-17)11-16-22(23)21-14-12-20(13-15-21)19-5-3-2-4-6-19/h2-16H,1H3/b16-11+. The van der Waals surface area contributed by atoms with E-state index in [-0.39, 0.29) is 5.78 Å². The highest BCUT2D eigenvalue weighted by Gasteiger charge is 2.02. The maximum absolute atomic E-state index is 12.2. The molecule has 0 amide bonds. The first-order valence-corrected chi connectivity index (χ1v) is 7.67. The van der Waals surface area contributed by atoms with Gasteiger partial charge in [-0.15, -0.1) is 0 Å². The summed E-state index contributed by atoms with van der Waals surface area (Å²) in [6.45, 7) is 2.05. The van der Waals surface area contributed by atoms with E-state index in [1.165, 1.54) is 5.56 Å². The molecule has 0 aromatic heterocycles. The third kappa shape index (κ3) is 3.83. The van der Waals surface area contributed by atoms with E-state index in [4.69, 9.17) is 0 Å². The molecule has 0 saturated carbocycles. The summed E-state index contributed by atoms with van der Waals surface area (Å²) in [5, 5.41) is 0. The number of benzene rings is 3. The van der Waals surface area contributed by atoms with Gasteiger partial charge < -0.3 is 0 Å². The molecule has 0 N–H and O–H groups in total. The van der Waals surface area contributed by atoms with E-state index in [0.29, 0.717) is 5.56 Å². The van der Waals surface area contributed by atoms with Crippen LogP contribution in [0.2, 0.25) is 0 Å². The van der Waals surface area contributed by atoms with Crippen LogP contribution in [0.3, 0.4) is 0 Å².